The molecule has 0 bridgehead atoms. The topological polar surface area (TPSA) is 0 Å². The highest BCUT2D eigenvalue weighted by molar-refractivity contribution is 6.31. The zero-order chi connectivity index (χ0) is 11.9. The molecule has 0 aliphatic heterocycles. The molecule has 1 aromatic rings. The van der Waals surface area contributed by atoms with Crippen LogP contribution in [-0.2, 0) is 11.6 Å². The van der Waals surface area contributed by atoms with Gasteiger partial charge in [-0.05, 0) is 23.1 Å². The fraction of sp³-hybridized carbons (Fsp3) is 0.455. The molecule has 0 aromatic heterocycles. The van der Waals surface area contributed by atoms with E-state index < -0.39 is 11.7 Å². The predicted molar refractivity (Wildman–Crippen MR) is 55.2 cm³/mol. The standard InChI is InChI=1S/C11H12ClF3/c1-10(2,3)7-4-5-8(9(12)6-7)11(13,14)15/h4-6H,1-3H3. The van der Waals surface area contributed by atoms with Gasteiger partial charge in [-0.3, -0.25) is 0 Å². The normalized spacial score (nSPS) is 13.0. The predicted octanol–water partition coefficient (Wildman–Crippen LogP) is 4.66. The molecular weight excluding hydrogens is 225 g/mol. The van der Waals surface area contributed by atoms with E-state index in [1.807, 2.05) is 20.8 Å². The lowest BCUT2D eigenvalue weighted by Gasteiger charge is -2.20. The summed E-state index contributed by atoms with van der Waals surface area (Å²) in [5, 5.41) is -0.241. The molecule has 84 valence electrons. The molecule has 0 radical (unpaired) electrons. The van der Waals surface area contributed by atoms with Crippen molar-refractivity contribution in [1.82, 2.24) is 0 Å². The Balaban J connectivity index is 3.21. The van der Waals surface area contributed by atoms with Crippen LogP contribution in [0, 0.1) is 0 Å². The summed E-state index contributed by atoms with van der Waals surface area (Å²) in [6.45, 7) is 5.77. The fourth-order valence-electron chi connectivity index (χ4n) is 1.21. The van der Waals surface area contributed by atoms with Crippen LogP contribution in [0.5, 0.6) is 0 Å². The Morgan fingerprint density at radius 1 is 1.07 bits per heavy atom. The van der Waals surface area contributed by atoms with Crippen LogP contribution in [0.1, 0.15) is 31.9 Å². The second-order valence-electron chi connectivity index (χ2n) is 4.44. The molecule has 1 rings (SSSR count). The van der Waals surface area contributed by atoms with Crippen molar-refractivity contribution in [2.45, 2.75) is 32.4 Å². The highest BCUT2D eigenvalue weighted by Gasteiger charge is 2.33. The van der Waals surface area contributed by atoms with Gasteiger partial charge in [0.25, 0.3) is 0 Å². The average molecular weight is 237 g/mol. The van der Waals surface area contributed by atoms with Crippen molar-refractivity contribution >= 4 is 11.6 Å². The molecule has 0 aliphatic carbocycles. The Kier molecular flexibility index (Phi) is 3.06. The van der Waals surface area contributed by atoms with Gasteiger partial charge in [-0.2, -0.15) is 13.2 Å². The van der Waals surface area contributed by atoms with Crippen LogP contribution in [0.4, 0.5) is 13.2 Å². The maximum Gasteiger partial charge on any atom is 0.417 e. The van der Waals surface area contributed by atoms with Gasteiger partial charge in [0.1, 0.15) is 0 Å². The highest BCUT2D eigenvalue weighted by atomic mass is 35.5. The Bertz CT molecular complexity index is 361. The highest BCUT2D eigenvalue weighted by Crippen LogP contribution is 2.36. The molecule has 0 heterocycles. The maximum atomic E-state index is 12.4. The van der Waals surface area contributed by atoms with Gasteiger partial charge >= 0.3 is 6.18 Å². The summed E-state index contributed by atoms with van der Waals surface area (Å²) in [7, 11) is 0. The van der Waals surface area contributed by atoms with Crippen molar-refractivity contribution in [3.63, 3.8) is 0 Å². The van der Waals surface area contributed by atoms with E-state index in [2.05, 4.69) is 0 Å². The van der Waals surface area contributed by atoms with Crippen molar-refractivity contribution in [1.29, 1.82) is 0 Å². The molecule has 0 saturated heterocycles. The van der Waals surface area contributed by atoms with Crippen LogP contribution in [0.15, 0.2) is 18.2 Å². The van der Waals surface area contributed by atoms with Crippen molar-refractivity contribution in [2.24, 2.45) is 0 Å². The van der Waals surface area contributed by atoms with E-state index in [1.54, 1.807) is 0 Å². The van der Waals surface area contributed by atoms with Gasteiger partial charge in [0.15, 0.2) is 0 Å². The molecular formula is C11H12ClF3. The van der Waals surface area contributed by atoms with E-state index in [4.69, 9.17) is 11.6 Å². The Hall–Kier alpha value is -0.700. The van der Waals surface area contributed by atoms with E-state index in [0.29, 0.717) is 0 Å². The third kappa shape index (κ3) is 2.88. The molecule has 4 heteroatoms. The molecule has 1 aromatic carbocycles. The van der Waals surface area contributed by atoms with Gasteiger partial charge in [-0.25, -0.2) is 0 Å². The van der Waals surface area contributed by atoms with Crippen LogP contribution in [0.25, 0.3) is 0 Å². The second-order valence-corrected chi connectivity index (χ2v) is 4.85. The van der Waals surface area contributed by atoms with Gasteiger partial charge in [-0.15, -0.1) is 0 Å². The molecule has 0 spiro atoms. The molecule has 15 heavy (non-hydrogen) atoms. The summed E-state index contributed by atoms with van der Waals surface area (Å²) >= 11 is 5.60. The second kappa shape index (κ2) is 3.71. The number of alkyl halides is 3. The zero-order valence-corrected chi connectivity index (χ0v) is 9.50. The SMILES string of the molecule is CC(C)(C)c1ccc(C(F)(F)F)c(Cl)c1. The van der Waals surface area contributed by atoms with Crippen LogP contribution >= 0.6 is 11.6 Å². The first-order chi connectivity index (χ1) is 6.62. The number of halogens is 4. The minimum atomic E-state index is -4.38. The van der Waals surface area contributed by atoms with Gasteiger partial charge < -0.3 is 0 Å². The summed E-state index contributed by atoms with van der Waals surface area (Å²) < 4.78 is 37.2. The molecule has 0 amide bonds. The van der Waals surface area contributed by atoms with Crippen LogP contribution < -0.4 is 0 Å². The quantitative estimate of drug-likeness (QED) is 0.615. The third-order valence-corrected chi connectivity index (χ3v) is 2.45. The zero-order valence-electron chi connectivity index (χ0n) is 8.74. The Morgan fingerprint density at radius 2 is 1.60 bits per heavy atom. The van der Waals surface area contributed by atoms with Crippen LogP contribution in [0.3, 0.4) is 0 Å². The molecule has 0 nitrogen and oxygen atoms in total. The van der Waals surface area contributed by atoms with E-state index in [1.165, 1.54) is 12.1 Å². The lowest BCUT2D eigenvalue weighted by molar-refractivity contribution is -0.137. The van der Waals surface area contributed by atoms with E-state index in [0.717, 1.165) is 11.6 Å². The summed E-state index contributed by atoms with van der Waals surface area (Å²) in [6.07, 6.45) is -4.38. The van der Waals surface area contributed by atoms with Crippen molar-refractivity contribution in [2.75, 3.05) is 0 Å². The van der Waals surface area contributed by atoms with Gasteiger partial charge in [-0.1, -0.05) is 38.4 Å². The van der Waals surface area contributed by atoms with Crippen LogP contribution in [0.2, 0.25) is 5.02 Å². The first kappa shape index (κ1) is 12.4. The lowest BCUT2D eigenvalue weighted by atomic mass is 9.86. The lowest BCUT2D eigenvalue weighted by Crippen LogP contribution is -2.13. The van der Waals surface area contributed by atoms with E-state index >= 15 is 0 Å². The summed E-state index contributed by atoms with van der Waals surface area (Å²) in [5.74, 6) is 0. The van der Waals surface area contributed by atoms with Crippen molar-refractivity contribution in [3.05, 3.63) is 34.3 Å². The molecule has 0 fully saturated rings. The minimum Gasteiger partial charge on any atom is -0.166 e. The Labute approximate surface area is 92.1 Å². The summed E-state index contributed by atoms with van der Waals surface area (Å²) in [4.78, 5) is 0. The molecule has 0 N–H and O–H groups in total. The van der Waals surface area contributed by atoms with Crippen LogP contribution in [-0.4, -0.2) is 0 Å². The number of benzene rings is 1. The minimum absolute atomic E-state index is 0.201. The molecule has 0 saturated carbocycles. The number of rotatable bonds is 0. The van der Waals surface area contributed by atoms with Gasteiger partial charge in [0, 0.05) is 0 Å². The number of hydrogen-bond donors (Lipinski definition) is 0. The smallest absolute Gasteiger partial charge is 0.166 e. The fourth-order valence-corrected chi connectivity index (χ4v) is 1.50. The average Bonchev–Trinajstić information content (AvgIpc) is 1.99. The summed E-state index contributed by atoms with van der Waals surface area (Å²) in [5.41, 5.74) is -0.189. The molecule has 0 unspecified atom stereocenters. The third-order valence-electron chi connectivity index (χ3n) is 2.14. The number of hydrogen-bond acceptors (Lipinski definition) is 0. The Morgan fingerprint density at radius 3 is 1.93 bits per heavy atom. The van der Waals surface area contributed by atoms with Gasteiger partial charge in [0.05, 0.1) is 10.6 Å². The summed E-state index contributed by atoms with van der Waals surface area (Å²) in [6, 6.07) is 3.88. The first-order valence-electron chi connectivity index (χ1n) is 4.49. The first-order valence-corrected chi connectivity index (χ1v) is 4.87. The van der Waals surface area contributed by atoms with E-state index in [-0.39, 0.29) is 10.4 Å². The van der Waals surface area contributed by atoms with Crippen molar-refractivity contribution in [3.8, 4) is 0 Å². The largest absolute Gasteiger partial charge is 0.417 e. The van der Waals surface area contributed by atoms with Crippen molar-refractivity contribution < 1.29 is 13.2 Å². The molecule has 0 aliphatic rings. The monoisotopic (exact) mass is 236 g/mol. The maximum absolute atomic E-state index is 12.4. The van der Waals surface area contributed by atoms with E-state index in [9.17, 15) is 13.2 Å². The van der Waals surface area contributed by atoms with Gasteiger partial charge in [0.2, 0.25) is 0 Å². The molecule has 0 atom stereocenters.